The molecule has 0 heterocycles. The maximum atomic E-state index is 13.2. The summed E-state index contributed by atoms with van der Waals surface area (Å²) in [6, 6.07) is 14.3. The standard InChI is InChI=1S/C16H18FNO/c1-12(19)15-8-3-4-9-16(15)18(2)11-13-6-5-7-14(17)10-13/h3-10,12,19H,11H2,1-2H3. The van der Waals surface area contributed by atoms with Crippen molar-refractivity contribution in [2.24, 2.45) is 0 Å². The first-order chi connectivity index (χ1) is 9.08. The predicted molar refractivity (Wildman–Crippen MR) is 75.6 cm³/mol. The third kappa shape index (κ3) is 3.32. The summed E-state index contributed by atoms with van der Waals surface area (Å²) in [5, 5.41) is 9.78. The minimum absolute atomic E-state index is 0.227. The van der Waals surface area contributed by atoms with Gasteiger partial charge in [0.1, 0.15) is 5.82 Å². The highest BCUT2D eigenvalue weighted by molar-refractivity contribution is 5.54. The Morgan fingerprint density at radius 2 is 1.89 bits per heavy atom. The molecule has 1 N–H and O–H groups in total. The van der Waals surface area contributed by atoms with Crippen molar-refractivity contribution in [1.82, 2.24) is 0 Å². The molecule has 2 aromatic carbocycles. The fourth-order valence-electron chi connectivity index (χ4n) is 2.18. The second-order valence-electron chi connectivity index (χ2n) is 4.72. The number of anilines is 1. The summed E-state index contributed by atoms with van der Waals surface area (Å²) in [4.78, 5) is 2.01. The molecular formula is C16H18FNO. The zero-order valence-electron chi connectivity index (χ0n) is 11.2. The highest BCUT2D eigenvalue weighted by Crippen LogP contribution is 2.26. The van der Waals surface area contributed by atoms with Gasteiger partial charge in [0.2, 0.25) is 0 Å². The van der Waals surface area contributed by atoms with Gasteiger partial charge < -0.3 is 10.0 Å². The van der Waals surface area contributed by atoms with Crippen molar-refractivity contribution in [1.29, 1.82) is 0 Å². The van der Waals surface area contributed by atoms with Crippen molar-refractivity contribution in [3.8, 4) is 0 Å². The number of hydrogen-bond acceptors (Lipinski definition) is 2. The third-order valence-corrected chi connectivity index (χ3v) is 3.11. The topological polar surface area (TPSA) is 23.5 Å². The van der Waals surface area contributed by atoms with Crippen LogP contribution in [0.2, 0.25) is 0 Å². The van der Waals surface area contributed by atoms with Crippen LogP contribution < -0.4 is 4.90 Å². The lowest BCUT2D eigenvalue weighted by Gasteiger charge is -2.23. The van der Waals surface area contributed by atoms with Crippen molar-refractivity contribution < 1.29 is 9.50 Å². The molecule has 0 bridgehead atoms. The average molecular weight is 259 g/mol. The number of halogens is 1. The highest BCUT2D eigenvalue weighted by Gasteiger charge is 2.11. The maximum absolute atomic E-state index is 13.2. The van der Waals surface area contributed by atoms with Crippen molar-refractivity contribution in [3.63, 3.8) is 0 Å². The summed E-state index contributed by atoms with van der Waals surface area (Å²) >= 11 is 0. The van der Waals surface area contributed by atoms with Crippen LogP contribution in [0.4, 0.5) is 10.1 Å². The van der Waals surface area contributed by atoms with Crippen molar-refractivity contribution in [2.45, 2.75) is 19.6 Å². The molecule has 1 unspecified atom stereocenters. The molecule has 0 radical (unpaired) electrons. The summed E-state index contributed by atoms with van der Waals surface area (Å²) in [6.07, 6.45) is -0.522. The van der Waals surface area contributed by atoms with Crippen molar-refractivity contribution in [3.05, 3.63) is 65.5 Å². The minimum Gasteiger partial charge on any atom is -0.389 e. The second kappa shape index (κ2) is 5.85. The second-order valence-corrected chi connectivity index (χ2v) is 4.72. The summed E-state index contributed by atoms with van der Waals surface area (Å²) in [5.41, 5.74) is 2.74. The molecule has 3 heteroatoms. The normalized spacial score (nSPS) is 12.2. The number of para-hydroxylation sites is 1. The molecule has 2 rings (SSSR count). The van der Waals surface area contributed by atoms with E-state index in [0.717, 1.165) is 16.8 Å². The minimum atomic E-state index is -0.522. The zero-order chi connectivity index (χ0) is 13.8. The third-order valence-electron chi connectivity index (χ3n) is 3.11. The number of nitrogens with zero attached hydrogens (tertiary/aromatic N) is 1. The lowest BCUT2D eigenvalue weighted by Crippen LogP contribution is -2.18. The summed E-state index contributed by atoms with van der Waals surface area (Å²) in [5.74, 6) is -0.227. The van der Waals surface area contributed by atoms with Crippen LogP contribution in [0.25, 0.3) is 0 Å². The number of rotatable bonds is 4. The van der Waals surface area contributed by atoms with E-state index in [1.807, 2.05) is 42.3 Å². The van der Waals surface area contributed by atoms with E-state index >= 15 is 0 Å². The first kappa shape index (κ1) is 13.6. The molecule has 2 aromatic rings. The Kier molecular flexibility index (Phi) is 4.17. The fourth-order valence-corrected chi connectivity index (χ4v) is 2.18. The molecule has 0 fully saturated rings. The van der Waals surface area contributed by atoms with E-state index in [1.54, 1.807) is 13.0 Å². The van der Waals surface area contributed by atoms with Gasteiger partial charge in [0.15, 0.2) is 0 Å². The van der Waals surface area contributed by atoms with Crippen molar-refractivity contribution in [2.75, 3.05) is 11.9 Å². The van der Waals surface area contributed by atoms with E-state index in [-0.39, 0.29) is 5.82 Å². The van der Waals surface area contributed by atoms with E-state index in [2.05, 4.69) is 0 Å². The van der Waals surface area contributed by atoms with Gasteiger partial charge in [0, 0.05) is 24.8 Å². The molecule has 0 aliphatic rings. The van der Waals surface area contributed by atoms with Gasteiger partial charge in [-0.25, -0.2) is 4.39 Å². The molecule has 0 saturated carbocycles. The average Bonchev–Trinajstić information content (AvgIpc) is 2.38. The van der Waals surface area contributed by atoms with Gasteiger partial charge in [0.25, 0.3) is 0 Å². The number of hydrogen-bond donors (Lipinski definition) is 1. The SMILES string of the molecule is CC(O)c1ccccc1N(C)Cc1cccc(F)c1. The molecule has 0 spiro atoms. The van der Waals surface area contributed by atoms with Gasteiger partial charge in [-0.1, -0.05) is 30.3 Å². The molecule has 2 nitrogen and oxygen atoms in total. The molecule has 19 heavy (non-hydrogen) atoms. The molecule has 100 valence electrons. The maximum Gasteiger partial charge on any atom is 0.123 e. The number of benzene rings is 2. The Labute approximate surface area is 113 Å². The lowest BCUT2D eigenvalue weighted by molar-refractivity contribution is 0.199. The van der Waals surface area contributed by atoms with Gasteiger partial charge in [-0.3, -0.25) is 0 Å². The fraction of sp³-hybridized carbons (Fsp3) is 0.250. The Hall–Kier alpha value is -1.87. The van der Waals surface area contributed by atoms with Crippen LogP contribution in [-0.2, 0) is 6.54 Å². The van der Waals surface area contributed by atoms with Crippen LogP contribution >= 0.6 is 0 Å². The van der Waals surface area contributed by atoms with Gasteiger partial charge >= 0.3 is 0 Å². The Bertz CT molecular complexity index is 554. The van der Waals surface area contributed by atoms with Gasteiger partial charge in [-0.2, -0.15) is 0 Å². The Balaban J connectivity index is 2.23. The molecule has 0 saturated heterocycles. The molecular weight excluding hydrogens is 241 g/mol. The van der Waals surface area contributed by atoms with E-state index in [4.69, 9.17) is 0 Å². The van der Waals surface area contributed by atoms with Crippen LogP contribution in [-0.4, -0.2) is 12.2 Å². The largest absolute Gasteiger partial charge is 0.389 e. The number of aliphatic hydroxyl groups excluding tert-OH is 1. The molecule has 0 aromatic heterocycles. The Morgan fingerprint density at radius 1 is 1.16 bits per heavy atom. The molecule has 0 aliphatic carbocycles. The zero-order valence-corrected chi connectivity index (χ0v) is 11.2. The number of aliphatic hydroxyl groups is 1. The van der Waals surface area contributed by atoms with Gasteiger partial charge in [-0.15, -0.1) is 0 Å². The first-order valence-electron chi connectivity index (χ1n) is 6.30. The van der Waals surface area contributed by atoms with E-state index in [1.165, 1.54) is 12.1 Å². The first-order valence-corrected chi connectivity index (χ1v) is 6.30. The summed E-state index contributed by atoms with van der Waals surface area (Å²) in [7, 11) is 1.94. The predicted octanol–water partition coefficient (Wildman–Crippen LogP) is 3.52. The van der Waals surface area contributed by atoms with Crippen LogP contribution in [0.5, 0.6) is 0 Å². The summed E-state index contributed by atoms with van der Waals surface area (Å²) in [6.45, 7) is 2.34. The van der Waals surface area contributed by atoms with Gasteiger partial charge in [0.05, 0.1) is 6.10 Å². The molecule has 1 atom stereocenters. The highest BCUT2D eigenvalue weighted by atomic mass is 19.1. The van der Waals surface area contributed by atoms with E-state index in [0.29, 0.717) is 6.54 Å². The quantitative estimate of drug-likeness (QED) is 0.908. The van der Waals surface area contributed by atoms with Crippen LogP contribution in [0, 0.1) is 5.82 Å². The monoisotopic (exact) mass is 259 g/mol. The lowest BCUT2D eigenvalue weighted by atomic mass is 10.1. The van der Waals surface area contributed by atoms with E-state index < -0.39 is 6.10 Å². The van der Waals surface area contributed by atoms with Crippen molar-refractivity contribution >= 4 is 5.69 Å². The van der Waals surface area contributed by atoms with Crippen LogP contribution in [0.3, 0.4) is 0 Å². The van der Waals surface area contributed by atoms with Crippen LogP contribution in [0.15, 0.2) is 48.5 Å². The smallest absolute Gasteiger partial charge is 0.123 e. The molecule has 0 amide bonds. The van der Waals surface area contributed by atoms with E-state index in [9.17, 15) is 9.50 Å². The molecule has 0 aliphatic heterocycles. The van der Waals surface area contributed by atoms with Crippen LogP contribution in [0.1, 0.15) is 24.2 Å². The summed E-state index contributed by atoms with van der Waals surface area (Å²) < 4.78 is 13.2. The van der Waals surface area contributed by atoms with Gasteiger partial charge in [-0.05, 0) is 30.7 Å². The Morgan fingerprint density at radius 3 is 2.58 bits per heavy atom.